The maximum atomic E-state index is 11.9. The largest absolute Gasteiger partial charge is 0.478 e. The summed E-state index contributed by atoms with van der Waals surface area (Å²) in [4.78, 5) is 34.8. The van der Waals surface area contributed by atoms with Crippen LogP contribution < -0.4 is 0 Å². The Morgan fingerprint density at radius 1 is 0.900 bits per heavy atom. The smallest absolute Gasteiger partial charge is 0.346 e. The predicted molar refractivity (Wildman–Crippen MR) is 70.0 cm³/mol. The van der Waals surface area contributed by atoms with E-state index in [1.165, 1.54) is 12.1 Å². The lowest BCUT2D eigenvalue weighted by Gasteiger charge is -2.15. The van der Waals surface area contributed by atoms with Gasteiger partial charge in [-0.2, -0.15) is 0 Å². The van der Waals surface area contributed by atoms with Gasteiger partial charge in [0.15, 0.2) is 0 Å². The van der Waals surface area contributed by atoms with Crippen LogP contribution in [0.1, 0.15) is 36.0 Å². The highest BCUT2D eigenvalue weighted by Crippen LogP contribution is 2.26. The first-order chi connectivity index (χ1) is 9.59. The number of ether oxygens (including phenoxy) is 1. The fourth-order valence-corrected chi connectivity index (χ4v) is 2.15. The standard InChI is InChI=1S/C15H14O5/c16-13(17)11-8-4-5-9-12(11)15(19)20-14(18)10-6-2-1-3-7-10/h1-3,6-7H,4-5,8-9H2,(H,16,17). The lowest BCUT2D eigenvalue weighted by atomic mass is 9.92. The highest BCUT2D eigenvalue weighted by molar-refractivity contribution is 6.06. The molecule has 1 aliphatic carbocycles. The van der Waals surface area contributed by atoms with Crippen molar-refractivity contribution in [1.29, 1.82) is 0 Å². The number of esters is 2. The molecule has 2 rings (SSSR count). The number of carbonyl (C=O) groups excluding carboxylic acids is 2. The van der Waals surface area contributed by atoms with Crippen LogP contribution in [0.4, 0.5) is 0 Å². The van der Waals surface area contributed by atoms with Crippen molar-refractivity contribution in [1.82, 2.24) is 0 Å². The summed E-state index contributed by atoms with van der Waals surface area (Å²) in [5.41, 5.74) is 0.421. The van der Waals surface area contributed by atoms with Crippen molar-refractivity contribution in [3.63, 3.8) is 0 Å². The van der Waals surface area contributed by atoms with Gasteiger partial charge in [-0.05, 0) is 37.8 Å². The summed E-state index contributed by atoms with van der Waals surface area (Å²) in [7, 11) is 0. The van der Waals surface area contributed by atoms with E-state index >= 15 is 0 Å². The summed E-state index contributed by atoms with van der Waals surface area (Å²) in [5.74, 6) is -2.74. The molecule has 0 atom stereocenters. The molecule has 104 valence electrons. The van der Waals surface area contributed by atoms with Gasteiger partial charge in [0.25, 0.3) is 0 Å². The number of carboxylic acids is 1. The summed E-state index contributed by atoms with van der Waals surface area (Å²) in [6.45, 7) is 0. The molecule has 5 nitrogen and oxygen atoms in total. The maximum Gasteiger partial charge on any atom is 0.346 e. The van der Waals surface area contributed by atoms with Crippen LogP contribution in [-0.2, 0) is 14.3 Å². The minimum Gasteiger partial charge on any atom is -0.478 e. The van der Waals surface area contributed by atoms with Gasteiger partial charge in [0.1, 0.15) is 0 Å². The minimum absolute atomic E-state index is 0.0575. The summed E-state index contributed by atoms with van der Waals surface area (Å²) in [6.07, 6.45) is 2.12. The first kappa shape index (κ1) is 14.0. The normalized spacial score (nSPS) is 14.8. The summed E-state index contributed by atoms with van der Waals surface area (Å²) in [6, 6.07) is 8.12. The summed E-state index contributed by atoms with van der Waals surface area (Å²) >= 11 is 0. The number of hydrogen-bond donors (Lipinski definition) is 1. The van der Waals surface area contributed by atoms with Crippen molar-refractivity contribution < 1.29 is 24.2 Å². The Hall–Kier alpha value is -2.43. The maximum absolute atomic E-state index is 11.9. The highest BCUT2D eigenvalue weighted by atomic mass is 16.6. The Balaban J connectivity index is 2.15. The molecule has 0 spiro atoms. The molecule has 0 fully saturated rings. The van der Waals surface area contributed by atoms with Crippen molar-refractivity contribution in [2.75, 3.05) is 0 Å². The van der Waals surface area contributed by atoms with Crippen LogP contribution in [-0.4, -0.2) is 23.0 Å². The van der Waals surface area contributed by atoms with E-state index in [0.29, 0.717) is 12.8 Å². The van der Waals surface area contributed by atoms with E-state index in [0.717, 1.165) is 12.8 Å². The molecule has 1 N–H and O–H groups in total. The van der Waals surface area contributed by atoms with Crippen LogP contribution in [0.5, 0.6) is 0 Å². The average Bonchev–Trinajstić information content (AvgIpc) is 2.48. The lowest BCUT2D eigenvalue weighted by Crippen LogP contribution is -2.20. The number of carboxylic acid groups (broad SMARTS) is 1. The van der Waals surface area contributed by atoms with Crippen LogP contribution in [0.25, 0.3) is 0 Å². The van der Waals surface area contributed by atoms with E-state index in [9.17, 15) is 14.4 Å². The molecule has 1 aromatic rings. The second-order valence-electron chi connectivity index (χ2n) is 4.51. The zero-order chi connectivity index (χ0) is 14.5. The Bertz CT molecular complexity index is 571. The molecule has 0 bridgehead atoms. The van der Waals surface area contributed by atoms with E-state index in [1.54, 1.807) is 18.2 Å². The van der Waals surface area contributed by atoms with E-state index in [4.69, 9.17) is 9.84 Å². The third kappa shape index (κ3) is 3.12. The van der Waals surface area contributed by atoms with Crippen LogP contribution in [0.15, 0.2) is 41.5 Å². The minimum atomic E-state index is -1.12. The third-order valence-electron chi connectivity index (χ3n) is 3.17. The number of carbonyl (C=O) groups is 3. The molecule has 1 aromatic carbocycles. The predicted octanol–water partition coefficient (Wildman–Crippen LogP) is 2.33. The fourth-order valence-electron chi connectivity index (χ4n) is 2.15. The van der Waals surface area contributed by atoms with Gasteiger partial charge in [0, 0.05) is 11.1 Å². The SMILES string of the molecule is O=C(O)C1=C(C(=O)OC(=O)c2ccccc2)CCCC1. The van der Waals surface area contributed by atoms with Crippen LogP contribution in [0.3, 0.4) is 0 Å². The van der Waals surface area contributed by atoms with Crippen LogP contribution >= 0.6 is 0 Å². The molecule has 0 aromatic heterocycles. The molecule has 5 heteroatoms. The van der Waals surface area contributed by atoms with Crippen molar-refractivity contribution in [2.45, 2.75) is 25.7 Å². The first-order valence-electron chi connectivity index (χ1n) is 6.36. The Morgan fingerprint density at radius 2 is 1.50 bits per heavy atom. The molecule has 0 heterocycles. The topological polar surface area (TPSA) is 80.7 Å². The third-order valence-corrected chi connectivity index (χ3v) is 3.17. The molecule has 0 aliphatic heterocycles. The quantitative estimate of drug-likeness (QED) is 0.675. The molecular weight excluding hydrogens is 260 g/mol. The van der Waals surface area contributed by atoms with Crippen LogP contribution in [0, 0.1) is 0 Å². The van der Waals surface area contributed by atoms with Gasteiger partial charge < -0.3 is 9.84 Å². The fraction of sp³-hybridized carbons (Fsp3) is 0.267. The van der Waals surface area contributed by atoms with Gasteiger partial charge in [-0.1, -0.05) is 18.2 Å². The van der Waals surface area contributed by atoms with E-state index in [1.807, 2.05) is 0 Å². The van der Waals surface area contributed by atoms with Gasteiger partial charge in [0.2, 0.25) is 0 Å². The van der Waals surface area contributed by atoms with Crippen LogP contribution in [0.2, 0.25) is 0 Å². The second-order valence-corrected chi connectivity index (χ2v) is 4.51. The zero-order valence-corrected chi connectivity index (χ0v) is 10.8. The zero-order valence-electron chi connectivity index (χ0n) is 10.8. The lowest BCUT2D eigenvalue weighted by molar-refractivity contribution is -0.137. The van der Waals surface area contributed by atoms with E-state index in [-0.39, 0.29) is 16.7 Å². The monoisotopic (exact) mass is 274 g/mol. The number of aliphatic carboxylic acids is 1. The van der Waals surface area contributed by atoms with Crippen molar-refractivity contribution in [3.8, 4) is 0 Å². The van der Waals surface area contributed by atoms with Crippen molar-refractivity contribution >= 4 is 17.9 Å². The summed E-state index contributed by atoms with van der Waals surface area (Å²) < 4.78 is 4.76. The van der Waals surface area contributed by atoms with Gasteiger partial charge in [0.05, 0.1) is 5.56 Å². The van der Waals surface area contributed by atoms with E-state index < -0.39 is 17.9 Å². The molecule has 0 radical (unpaired) electrons. The average molecular weight is 274 g/mol. The van der Waals surface area contributed by atoms with Gasteiger partial charge >= 0.3 is 17.9 Å². The van der Waals surface area contributed by atoms with Gasteiger partial charge in [-0.25, -0.2) is 14.4 Å². The Kier molecular flexibility index (Phi) is 4.30. The van der Waals surface area contributed by atoms with E-state index in [2.05, 4.69) is 0 Å². The van der Waals surface area contributed by atoms with Crippen molar-refractivity contribution in [2.24, 2.45) is 0 Å². The Labute approximate surface area is 115 Å². The molecule has 20 heavy (non-hydrogen) atoms. The molecule has 0 unspecified atom stereocenters. The number of benzene rings is 1. The first-order valence-corrected chi connectivity index (χ1v) is 6.36. The van der Waals surface area contributed by atoms with Gasteiger partial charge in [-0.3, -0.25) is 0 Å². The summed E-state index contributed by atoms with van der Waals surface area (Å²) in [5, 5.41) is 9.06. The number of hydrogen-bond acceptors (Lipinski definition) is 4. The number of rotatable bonds is 3. The molecule has 0 amide bonds. The second kappa shape index (κ2) is 6.14. The Morgan fingerprint density at radius 3 is 2.10 bits per heavy atom. The molecule has 1 aliphatic rings. The van der Waals surface area contributed by atoms with Gasteiger partial charge in [-0.15, -0.1) is 0 Å². The molecule has 0 saturated carbocycles. The highest BCUT2D eigenvalue weighted by Gasteiger charge is 2.26. The van der Waals surface area contributed by atoms with Crippen molar-refractivity contribution in [3.05, 3.63) is 47.0 Å². The molecule has 0 saturated heterocycles. The molecular formula is C15H14O5.